The van der Waals surface area contributed by atoms with E-state index in [0.29, 0.717) is 11.3 Å². The number of benzene rings is 2. The molecule has 0 aromatic heterocycles. The molecule has 0 atom stereocenters. The number of carbonyl (C=O) groups is 2. The molecule has 3 nitrogen and oxygen atoms in total. The van der Waals surface area contributed by atoms with Gasteiger partial charge in [0, 0.05) is 23.0 Å². The molecule has 21 heavy (non-hydrogen) atoms. The zero-order valence-corrected chi connectivity index (χ0v) is 13.1. The van der Waals surface area contributed by atoms with Gasteiger partial charge >= 0.3 is 0 Å². The molecule has 0 radical (unpaired) electrons. The van der Waals surface area contributed by atoms with Crippen LogP contribution in [-0.2, 0) is 4.79 Å². The van der Waals surface area contributed by atoms with E-state index in [0.717, 1.165) is 10.0 Å². The highest BCUT2D eigenvalue weighted by Gasteiger charge is 2.08. The number of carbonyl (C=O) groups excluding carboxylic acids is 2. The lowest BCUT2D eigenvalue weighted by atomic mass is 10.1. The Hall–Kier alpha value is -2.20. The number of amides is 1. The van der Waals surface area contributed by atoms with Crippen LogP contribution in [0.25, 0.3) is 5.70 Å². The van der Waals surface area contributed by atoms with Crippen LogP contribution in [0.3, 0.4) is 0 Å². The van der Waals surface area contributed by atoms with Crippen molar-refractivity contribution < 1.29 is 9.59 Å². The van der Waals surface area contributed by atoms with E-state index < -0.39 is 0 Å². The molecule has 0 heterocycles. The molecule has 2 aromatic rings. The fourth-order valence-corrected chi connectivity index (χ4v) is 2.09. The molecule has 0 aliphatic carbocycles. The van der Waals surface area contributed by atoms with Gasteiger partial charge in [-0.25, -0.2) is 0 Å². The predicted octanol–water partition coefficient (Wildman–Crippen LogP) is 3.81. The molecule has 4 heteroatoms. The summed E-state index contributed by atoms with van der Waals surface area (Å²) in [6.07, 6.45) is 1.44. The number of halogens is 1. The molecular formula is C17H14BrNO2. The molecule has 2 rings (SSSR count). The molecule has 0 bridgehead atoms. The van der Waals surface area contributed by atoms with Gasteiger partial charge in [0.15, 0.2) is 5.78 Å². The van der Waals surface area contributed by atoms with Crippen LogP contribution in [0, 0.1) is 0 Å². The second kappa shape index (κ2) is 6.99. The molecule has 0 aliphatic rings. The monoisotopic (exact) mass is 343 g/mol. The minimum atomic E-state index is -0.214. The Labute approximate surface area is 131 Å². The van der Waals surface area contributed by atoms with Crippen molar-refractivity contribution in [3.8, 4) is 0 Å². The lowest BCUT2D eigenvalue weighted by Crippen LogP contribution is -2.19. The van der Waals surface area contributed by atoms with Crippen LogP contribution in [-0.4, -0.2) is 11.7 Å². The van der Waals surface area contributed by atoms with Crippen molar-refractivity contribution in [3.63, 3.8) is 0 Å². The van der Waals surface area contributed by atoms with E-state index in [1.165, 1.54) is 13.0 Å². The Morgan fingerprint density at radius 1 is 0.952 bits per heavy atom. The summed E-state index contributed by atoms with van der Waals surface area (Å²) < 4.78 is 0.910. The molecule has 0 aliphatic heterocycles. The van der Waals surface area contributed by atoms with Crippen LogP contribution in [0.4, 0.5) is 0 Å². The van der Waals surface area contributed by atoms with Gasteiger partial charge in [-0.15, -0.1) is 0 Å². The van der Waals surface area contributed by atoms with Gasteiger partial charge in [0.05, 0.1) is 5.70 Å². The first kappa shape index (κ1) is 15.2. The Bertz CT molecular complexity index is 676. The number of allylic oxidation sites excluding steroid dienone is 1. The summed E-state index contributed by atoms with van der Waals surface area (Å²) in [4.78, 5) is 23.6. The third-order valence-corrected chi connectivity index (χ3v) is 3.33. The summed E-state index contributed by atoms with van der Waals surface area (Å²) in [6, 6.07) is 16.4. The second-order valence-corrected chi connectivity index (χ2v) is 5.39. The summed E-state index contributed by atoms with van der Waals surface area (Å²) in [5, 5.41) is 2.70. The summed E-state index contributed by atoms with van der Waals surface area (Å²) >= 11 is 3.33. The SMILES string of the molecule is CC(=O)N/C(=C\C(=O)c1ccc(Br)cc1)c1ccccc1. The first-order valence-corrected chi connectivity index (χ1v) is 7.20. The first-order chi connectivity index (χ1) is 10.1. The van der Waals surface area contributed by atoms with Crippen molar-refractivity contribution in [2.24, 2.45) is 0 Å². The van der Waals surface area contributed by atoms with E-state index in [4.69, 9.17) is 0 Å². The van der Waals surface area contributed by atoms with E-state index in [1.54, 1.807) is 12.1 Å². The highest BCUT2D eigenvalue weighted by molar-refractivity contribution is 9.10. The molecule has 1 N–H and O–H groups in total. The maximum Gasteiger partial charge on any atom is 0.221 e. The Balaban J connectivity index is 2.34. The third-order valence-electron chi connectivity index (χ3n) is 2.80. The van der Waals surface area contributed by atoms with Gasteiger partial charge in [0.25, 0.3) is 0 Å². The van der Waals surface area contributed by atoms with E-state index in [9.17, 15) is 9.59 Å². The fraction of sp³-hybridized carbons (Fsp3) is 0.0588. The molecule has 106 valence electrons. The maximum atomic E-state index is 12.3. The molecule has 0 saturated heterocycles. The first-order valence-electron chi connectivity index (χ1n) is 6.41. The van der Waals surface area contributed by atoms with Crippen molar-refractivity contribution >= 4 is 33.3 Å². The summed E-state index contributed by atoms with van der Waals surface area (Å²) in [7, 11) is 0. The molecule has 0 fully saturated rings. The molecule has 2 aromatic carbocycles. The van der Waals surface area contributed by atoms with Crippen LogP contribution in [0.15, 0.2) is 65.1 Å². The average molecular weight is 344 g/mol. The second-order valence-electron chi connectivity index (χ2n) is 4.48. The topological polar surface area (TPSA) is 46.2 Å². The Morgan fingerprint density at radius 3 is 2.14 bits per heavy atom. The minimum absolute atomic E-state index is 0.157. The maximum absolute atomic E-state index is 12.3. The third kappa shape index (κ3) is 4.39. The number of nitrogens with one attached hydrogen (secondary N) is 1. The van der Waals surface area contributed by atoms with Gasteiger partial charge in [0.2, 0.25) is 5.91 Å². The lowest BCUT2D eigenvalue weighted by Gasteiger charge is -2.08. The number of hydrogen-bond donors (Lipinski definition) is 1. The van der Waals surface area contributed by atoms with Gasteiger partial charge < -0.3 is 5.32 Å². The summed E-state index contributed by atoms with van der Waals surface area (Å²) in [5.41, 5.74) is 1.85. The Morgan fingerprint density at radius 2 is 1.57 bits per heavy atom. The zero-order chi connectivity index (χ0) is 15.2. The van der Waals surface area contributed by atoms with Gasteiger partial charge in [-0.2, -0.15) is 0 Å². The summed E-state index contributed by atoms with van der Waals surface area (Å²) in [5.74, 6) is -0.371. The van der Waals surface area contributed by atoms with E-state index in [-0.39, 0.29) is 11.7 Å². The van der Waals surface area contributed by atoms with Gasteiger partial charge in [-0.3, -0.25) is 9.59 Å². The smallest absolute Gasteiger partial charge is 0.221 e. The van der Waals surface area contributed by atoms with Crippen LogP contribution < -0.4 is 5.32 Å². The average Bonchev–Trinajstić information content (AvgIpc) is 2.47. The highest BCUT2D eigenvalue weighted by Crippen LogP contribution is 2.15. The molecule has 0 saturated carbocycles. The van der Waals surface area contributed by atoms with Crippen LogP contribution in [0.1, 0.15) is 22.8 Å². The van der Waals surface area contributed by atoms with E-state index in [2.05, 4.69) is 21.2 Å². The van der Waals surface area contributed by atoms with Crippen molar-refractivity contribution in [2.75, 3.05) is 0 Å². The van der Waals surface area contributed by atoms with Crippen molar-refractivity contribution in [1.29, 1.82) is 0 Å². The predicted molar refractivity (Wildman–Crippen MR) is 86.7 cm³/mol. The Kier molecular flexibility index (Phi) is 5.06. The number of rotatable bonds is 4. The summed E-state index contributed by atoms with van der Waals surface area (Å²) in [6.45, 7) is 1.42. The van der Waals surface area contributed by atoms with Crippen molar-refractivity contribution in [3.05, 3.63) is 76.3 Å². The highest BCUT2D eigenvalue weighted by atomic mass is 79.9. The standard InChI is InChI=1S/C17H14BrNO2/c1-12(20)19-16(13-5-3-2-4-6-13)11-17(21)14-7-9-15(18)10-8-14/h2-11H,1H3,(H,19,20)/b16-11-. The van der Waals surface area contributed by atoms with Crippen LogP contribution in [0.2, 0.25) is 0 Å². The molecular weight excluding hydrogens is 330 g/mol. The zero-order valence-electron chi connectivity index (χ0n) is 11.5. The molecule has 0 spiro atoms. The molecule has 0 unspecified atom stereocenters. The van der Waals surface area contributed by atoms with Crippen LogP contribution in [0.5, 0.6) is 0 Å². The number of ketones is 1. The van der Waals surface area contributed by atoms with E-state index in [1.807, 2.05) is 42.5 Å². The van der Waals surface area contributed by atoms with Crippen molar-refractivity contribution in [1.82, 2.24) is 5.32 Å². The normalized spacial score (nSPS) is 11.0. The van der Waals surface area contributed by atoms with Gasteiger partial charge in [0.1, 0.15) is 0 Å². The van der Waals surface area contributed by atoms with E-state index >= 15 is 0 Å². The fourth-order valence-electron chi connectivity index (χ4n) is 1.83. The van der Waals surface area contributed by atoms with Crippen LogP contribution >= 0.6 is 15.9 Å². The lowest BCUT2D eigenvalue weighted by molar-refractivity contribution is -0.117. The largest absolute Gasteiger partial charge is 0.326 e. The number of hydrogen-bond acceptors (Lipinski definition) is 2. The molecule has 1 amide bonds. The van der Waals surface area contributed by atoms with Gasteiger partial charge in [-0.05, 0) is 29.8 Å². The van der Waals surface area contributed by atoms with Gasteiger partial charge in [-0.1, -0.05) is 46.3 Å². The van der Waals surface area contributed by atoms with Crippen molar-refractivity contribution in [2.45, 2.75) is 6.92 Å². The minimum Gasteiger partial charge on any atom is -0.326 e. The quantitative estimate of drug-likeness (QED) is 0.677.